The minimum Gasteiger partial charge on any atom is -0.497 e. The summed E-state index contributed by atoms with van der Waals surface area (Å²) in [4.78, 5) is 0. The number of benzene rings is 1. The number of rotatable bonds is 7. The summed E-state index contributed by atoms with van der Waals surface area (Å²) in [6, 6.07) is 8.97. The van der Waals surface area contributed by atoms with Gasteiger partial charge in [0.15, 0.2) is 0 Å². The van der Waals surface area contributed by atoms with E-state index in [1.807, 2.05) is 12.1 Å². The van der Waals surface area contributed by atoms with E-state index in [0.717, 1.165) is 30.6 Å². The molecular formula is C19H31NO. The molecule has 1 unspecified atom stereocenters. The molecule has 1 aliphatic rings. The van der Waals surface area contributed by atoms with E-state index in [1.54, 1.807) is 7.11 Å². The molecule has 2 nitrogen and oxygen atoms in total. The fourth-order valence-corrected chi connectivity index (χ4v) is 3.34. The maximum absolute atomic E-state index is 5.20. The normalized spacial score (nSPS) is 23.8. The van der Waals surface area contributed by atoms with Gasteiger partial charge in [-0.05, 0) is 55.8 Å². The van der Waals surface area contributed by atoms with Crippen LogP contribution in [-0.4, -0.2) is 19.7 Å². The first-order valence-corrected chi connectivity index (χ1v) is 8.53. The predicted molar refractivity (Wildman–Crippen MR) is 89.9 cm³/mol. The molecule has 1 N–H and O–H groups in total. The molecule has 0 spiro atoms. The van der Waals surface area contributed by atoms with Crippen molar-refractivity contribution >= 4 is 0 Å². The number of hydrogen-bond donors (Lipinski definition) is 1. The van der Waals surface area contributed by atoms with Crippen LogP contribution in [0.2, 0.25) is 0 Å². The van der Waals surface area contributed by atoms with Crippen LogP contribution in [0.1, 0.15) is 51.5 Å². The largest absolute Gasteiger partial charge is 0.497 e. The second-order valence-electron chi connectivity index (χ2n) is 6.82. The Morgan fingerprint density at radius 2 is 1.81 bits per heavy atom. The quantitative estimate of drug-likeness (QED) is 0.801. The van der Waals surface area contributed by atoms with Gasteiger partial charge in [-0.2, -0.15) is 0 Å². The predicted octanol–water partition coefficient (Wildman–Crippen LogP) is 4.43. The Labute approximate surface area is 130 Å². The second-order valence-corrected chi connectivity index (χ2v) is 6.82. The summed E-state index contributed by atoms with van der Waals surface area (Å²) < 4.78 is 5.20. The molecule has 0 aromatic heterocycles. The van der Waals surface area contributed by atoms with Crippen LogP contribution in [0.25, 0.3) is 0 Å². The molecule has 0 heterocycles. The van der Waals surface area contributed by atoms with E-state index >= 15 is 0 Å². The molecule has 0 bridgehead atoms. The smallest absolute Gasteiger partial charge is 0.118 e. The van der Waals surface area contributed by atoms with Crippen molar-refractivity contribution in [3.05, 3.63) is 29.8 Å². The van der Waals surface area contributed by atoms with Crippen LogP contribution in [0.4, 0.5) is 0 Å². The first-order chi connectivity index (χ1) is 10.2. The molecule has 1 aromatic rings. The van der Waals surface area contributed by atoms with Gasteiger partial charge < -0.3 is 10.1 Å². The summed E-state index contributed by atoms with van der Waals surface area (Å²) >= 11 is 0. The molecule has 0 radical (unpaired) electrons. The molecule has 1 aliphatic carbocycles. The first kappa shape index (κ1) is 16.4. The van der Waals surface area contributed by atoms with Gasteiger partial charge in [0.05, 0.1) is 7.11 Å². The van der Waals surface area contributed by atoms with Crippen molar-refractivity contribution in [2.45, 2.75) is 58.4 Å². The zero-order chi connectivity index (χ0) is 15.1. The van der Waals surface area contributed by atoms with E-state index in [0.29, 0.717) is 6.04 Å². The van der Waals surface area contributed by atoms with Gasteiger partial charge in [0, 0.05) is 6.04 Å². The molecule has 0 amide bonds. The molecule has 2 heteroatoms. The zero-order valence-corrected chi connectivity index (χ0v) is 13.9. The van der Waals surface area contributed by atoms with Crippen molar-refractivity contribution in [2.75, 3.05) is 13.7 Å². The van der Waals surface area contributed by atoms with Crippen molar-refractivity contribution in [1.29, 1.82) is 0 Å². The standard InChI is InChI=1S/C19H31NO/c1-15-4-6-17(7-5-15)12-13-20-16(2)14-18-8-10-19(21-3)11-9-18/h8-11,15-17,20H,4-7,12-14H2,1-3H3. The molecule has 1 fully saturated rings. The third kappa shape index (κ3) is 5.70. The summed E-state index contributed by atoms with van der Waals surface area (Å²) in [5.41, 5.74) is 1.38. The maximum atomic E-state index is 5.20. The Morgan fingerprint density at radius 3 is 2.43 bits per heavy atom. The maximum Gasteiger partial charge on any atom is 0.118 e. The molecule has 2 rings (SSSR count). The third-order valence-corrected chi connectivity index (χ3v) is 4.88. The molecule has 118 valence electrons. The monoisotopic (exact) mass is 289 g/mol. The average molecular weight is 289 g/mol. The van der Waals surface area contributed by atoms with E-state index in [9.17, 15) is 0 Å². The van der Waals surface area contributed by atoms with Crippen LogP contribution in [0.3, 0.4) is 0 Å². The molecule has 0 aliphatic heterocycles. The molecule has 1 saturated carbocycles. The SMILES string of the molecule is COc1ccc(CC(C)NCCC2CCC(C)CC2)cc1. The lowest BCUT2D eigenvalue weighted by Crippen LogP contribution is -2.30. The number of hydrogen-bond acceptors (Lipinski definition) is 2. The Balaban J connectivity index is 1.63. The van der Waals surface area contributed by atoms with Gasteiger partial charge in [-0.3, -0.25) is 0 Å². The Bertz CT molecular complexity index is 393. The highest BCUT2D eigenvalue weighted by Gasteiger charge is 2.17. The Kier molecular flexibility index (Phi) is 6.56. The molecule has 21 heavy (non-hydrogen) atoms. The lowest BCUT2D eigenvalue weighted by Gasteiger charge is -2.26. The topological polar surface area (TPSA) is 21.3 Å². The first-order valence-electron chi connectivity index (χ1n) is 8.53. The van der Waals surface area contributed by atoms with E-state index in [2.05, 4.69) is 31.3 Å². The van der Waals surface area contributed by atoms with E-state index in [1.165, 1.54) is 37.7 Å². The minimum atomic E-state index is 0.543. The van der Waals surface area contributed by atoms with Gasteiger partial charge >= 0.3 is 0 Å². The van der Waals surface area contributed by atoms with E-state index in [-0.39, 0.29) is 0 Å². The van der Waals surface area contributed by atoms with Gasteiger partial charge in [0.1, 0.15) is 5.75 Å². The fourth-order valence-electron chi connectivity index (χ4n) is 3.34. The summed E-state index contributed by atoms with van der Waals surface area (Å²) in [7, 11) is 1.71. The van der Waals surface area contributed by atoms with Crippen molar-refractivity contribution in [3.8, 4) is 5.75 Å². The lowest BCUT2D eigenvalue weighted by molar-refractivity contribution is 0.273. The molecular weight excluding hydrogens is 258 g/mol. The Morgan fingerprint density at radius 1 is 1.14 bits per heavy atom. The summed E-state index contributed by atoms with van der Waals surface area (Å²) in [5, 5.41) is 3.69. The summed E-state index contributed by atoms with van der Waals surface area (Å²) in [5.74, 6) is 2.86. The third-order valence-electron chi connectivity index (χ3n) is 4.88. The van der Waals surface area contributed by atoms with Gasteiger partial charge in [-0.15, -0.1) is 0 Å². The van der Waals surface area contributed by atoms with Crippen LogP contribution < -0.4 is 10.1 Å². The summed E-state index contributed by atoms with van der Waals surface area (Å²) in [6.07, 6.45) is 8.19. The number of nitrogens with one attached hydrogen (secondary N) is 1. The lowest BCUT2D eigenvalue weighted by atomic mass is 9.81. The van der Waals surface area contributed by atoms with Gasteiger partial charge in [-0.25, -0.2) is 0 Å². The minimum absolute atomic E-state index is 0.543. The highest BCUT2D eigenvalue weighted by atomic mass is 16.5. The Hall–Kier alpha value is -1.02. The van der Waals surface area contributed by atoms with E-state index < -0.39 is 0 Å². The molecule has 1 atom stereocenters. The highest BCUT2D eigenvalue weighted by molar-refractivity contribution is 5.27. The molecule has 0 saturated heterocycles. The highest BCUT2D eigenvalue weighted by Crippen LogP contribution is 2.29. The van der Waals surface area contributed by atoms with Crippen LogP contribution in [-0.2, 0) is 6.42 Å². The number of methoxy groups -OCH3 is 1. The van der Waals surface area contributed by atoms with Crippen LogP contribution >= 0.6 is 0 Å². The van der Waals surface area contributed by atoms with E-state index in [4.69, 9.17) is 4.74 Å². The number of ether oxygens (including phenoxy) is 1. The van der Waals surface area contributed by atoms with Crippen molar-refractivity contribution in [3.63, 3.8) is 0 Å². The van der Waals surface area contributed by atoms with Gasteiger partial charge in [0.25, 0.3) is 0 Å². The second kappa shape index (κ2) is 8.43. The van der Waals surface area contributed by atoms with Crippen molar-refractivity contribution in [2.24, 2.45) is 11.8 Å². The molecule has 1 aromatic carbocycles. The zero-order valence-electron chi connectivity index (χ0n) is 13.9. The van der Waals surface area contributed by atoms with Crippen LogP contribution in [0.15, 0.2) is 24.3 Å². The van der Waals surface area contributed by atoms with Gasteiger partial charge in [-0.1, -0.05) is 44.7 Å². The van der Waals surface area contributed by atoms with Crippen molar-refractivity contribution in [1.82, 2.24) is 5.32 Å². The van der Waals surface area contributed by atoms with Crippen LogP contribution in [0.5, 0.6) is 5.75 Å². The average Bonchev–Trinajstić information content (AvgIpc) is 2.50. The fraction of sp³-hybridized carbons (Fsp3) is 0.684. The summed E-state index contributed by atoms with van der Waals surface area (Å²) in [6.45, 7) is 5.84. The van der Waals surface area contributed by atoms with Crippen molar-refractivity contribution < 1.29 is 4.74 Å². The van der Waals surface area contributed by atoms with Gasteiger partial charge in [0.2, 0.25) is 0 Å². The van der Waals surface area contributed by atoms with Crippen LogP contribution in [0, 0.1) is 11.8 Å².